The van der Waals surface area contributed by atoms with Crippen LogP contribution in [0.1, 0.15) is 11.1 Å². The first kappa shape index (κ1) is 13.3. The predicted molar refractivity (Wildman–Crippen MR) is 67.7 cm³/mol. The van der Waals surface area contributed by atoms with Crippen molar-refractivity contribution in [1.29, 1.82) is 0 Å². The van der Waals surface area contributed by atoms with Crippen LogP contribution in [0.4, 0.5) is 4.79 Å². The Hall–Kier alpha value is -1.81. The van der Waals surface area contributed by atoms with Crippen LogP contribution < -0.4 is 10.6 Å². The summed E-state index contributed by atoms with van der Waals surface area (Å²) in [5.74, 6) is 0. The molecule has 0 atom stereocenters. The molecule has 2 amide bonds. The monoisotopic (exact) mass is 234 g/mol. The fourth-order valence-electron chi connectivity index (χ4n) is 1.36. The molecule has 0 aromatic heterocycles. The molecule has 0 spiro atoms. The molecule has 0 fully saturated rings. The Morgan fingerprint density at radius 2 is 1.88 bits per heavy atom. The summed E-state index contributed by atoms with van der Waals surface area (Å²) >= 11 is 0. The fourth-order valence-corrected chi connectivity index (χ4v) is 1.36. The number of carbonyl (C=O) groups excluding carboxylic acids is 1. The molecule has 0 aliphatic carbocycles. The molecule has 1 aromatic carbocycles. The highest BCUT2D eigenvalue weighted by Gasteiger charge is 1.98. The summed E-state index contributed by atoms with van der Waals surface area (Å²) in [5.41, 5.74) is 2.02. The Balaban J connectivity index is 2.25. The SMILES string of the molecule is C=CCNC(=O)NCCc1ccc(CO)cc1. The van der Waals surface area contributed by atoms with Crippen LogP contribution in [0.15, 0.2) is 36.9 Å². The minimum Gasteiger partial charge on any atom is -0.392 e. The topological polar surface area (TPSA) is 61.4 Å². The lowest BCUT2D eigenvalue weighted by atomic mass is 10.1. The third-order valence-electron chi connectivity index (χ3n) is 2.31. The highest BCUT2D eigenvalue weighted by molar-refractivity contribution is 5.73. The first-order valence-corrected chi connectivity index (χ1v) is 5.57. The van der Waals surface area contributed by atoms with Gasteiger partial charge in [-0.1, -0.05) is 30.3 Å². The van der Waals surface area contributed by atoms with Gasteiger partial charge in [0.05, 0.1) is 6.61 Å². The molecule has 0 saturated heterocycles. The smallest absolute Gasteiger partial charge is 0.315 e. The second-order valence-electron chi connectivity index (χ2n) is 3.65. The number of urea groups is 1. The molecule has 0 bridgehead atoms. The minimum atomic E-state index is -0.183. The van der Waals surface area contributed by atoms with E-state index < -0.39 is 0 Å². The molecule has 3 N–H and O–H groups in total. The van der Waals surface area contributed by atoms with Crippen molar-refractivity contribution in [3.05, 3.63) is 48.0 Å². The zero-order valence-corrected chi connectivity index (χ0v) is 9.78. The van der Waals surface area contributed by atoms with Gasteiger partial charge < -0.3 is 15.7 Å². The maximum Gasteiger partial charge on any atom is 0.315 e. The molecule has 0 saturated carbocycles. The van der Waals surface area contributed by atoms with Gasteiger partial charge in [-0.3, -0.25) is 0 Å². The molecule has 0 heterocycles. The van der Waals surface area contributed by atoms with E-state index in [1.807, 2.05) is 24.3 Å². The van der Waals surface area contributed by atoms with Gasteiger partial charge in [0, 0.05) is 13.1 Å². The lowest BCUT2D eigenvalue weighted by Crippen LogP contribution is -2.36. The molecule has 1 aromatic rings. The van der Waals surface area contributed by atoms with Gasteiger partial charge in [-0.05, 0) is 17.5 Å². The lowest BCUT2D eigenvalue weighted by Gasteiger charge is -2.06. The third kappa shape index (κ3) is 5.17. The summed E-state index contributed by atoms with van der Waals surface area (Å²) in [5, 5.41) is 14.3. The number of carbonyl (C=O) groups is 1. The molecule has 4 heteroatoms. The molecular formula is C13H18N2O2. The number of hydrogen-bond donors (Lipinski definition) is 3. The first-order chi connectivity index (χ1) is 8.26. The number of nitrogens with one attached hydrogen (secondary N) is 2. The molecule has 4 nitrogen and oxygen atoms in total. The van der Waals surface area contributed by atoms with Crippen molar-refractivity contribution in [3.63, 3.8) is 0 Å². The highest BCUT2D eigenvalue weighted by atomic mass is 16.3. The van der Waals surface area contributed by atoms with Gasteiger partial charge in [0.2, 0.25) is 0 Å². The van der Waals surface area contributed by atoms with Crippen molar-refractivity contribution in [1.82, 2.24) is 10.6 Å². The van der Waals surface area contributed by atoms with E-state index in [-0.39, 0.29) is 12.6 Å². The van der Waals surface area contributed by atoms with Gasteiger partial charge in [0.1, 0.15) is 0 Å². The molecule has 0 aliphatic heterocycles. The summed E-state index contributed by atoms with van der Waals surface area (Å²) in [6, 6.07) is 7.49. The van der Waals surface area contributed by atoms with Crippen LogP contribution in [0, 0.1) is 0 Å². The van der Waals surface area contributed by atoms with Crippen LogP contribution in [0.25, 0.3) is 0 Å². The first-order valence-electron chi connectivity index (χ1n) is 5.57. The van der Waals surface area contributed by atoms with Crippen LogP contribution in [-0.4, -0.2) is 24.2 Å². The molecule has 0 aliphatic rings. The predicted octanol–water partition coefficient (Wildman–Crippen LogP) is 1.21. The van der Waals surface area contributed by atoms with Crippen LogP contribution >= 0.6 is 0 Å². The van der Waals surface area contributed by atoms with E-state index in [2.05, 4.69) is 17.2 Å². The maximum absolute atomic E-state index is 11.2. The summed E-state index contributed by atoms with van der Waals surface area (Å²) < 4.78 is 0. The minimum absolute atomic E-state index is 0.0580. The van der Waals surface area contributed by atoms with Gasteiger partial charge in [-0.15, -0.1) is 6.58 Å². The number of hydrogen-bond acceptors (Lipinski definition) is 2. The van der Waals surface area contributed by atoms with Crippen LogP contribution in [0.5, 0.6) is 0 Å². The standard InChI is InChI=1S/C13H18N2O2/c1-2-8-14-13(17)15-9-7-11-3-5-12(10-16)6-4-11/h2-6,16H,1,7-10H2,(H2,14,15,17). The van der Waals surface area contributed by atoms with E-state index in [9.17, 15) is 4.79 Å². The molecule has 0 radical (unpaired) electrons. The normalized spacial score (nSPS) is 9.71. The lowest BCUT2D eigenvalue weighted by molar-refractivity contribution is 0.242. The Labute approximate surface area is 101 Å². The Kier molecular flexibility index (Phi) is 5.82. The summed E-state index contributed by atoms with van der Waals surface area (Å²) in [4.78, 5) is 11.2. The molecular weight excluding hydrogens is 216 g/mol. The van der Waals surface area contributed by atoms with E-state index in [4.69, 9.17) is 5.11 Å². The van der Waals surface area contributed by atoms with Crippen molar-refractivity contribution in [2.45, 2.75) is 13.0 Å². The van der Waals surface area contributed by atoms with E-state index in [0.29, 0.717) is 13.1 Å². The summed E-state index contributed by atoms with van der Waals surface area (Å²) in [6.07, 6.45) is 2.40. The van der Waals surface area contributed by atoms with Gasteiger partial charge in [0.15, 0.2) is 0 Å². The molecule has 1 rings (SSSR count). The van der Waals surface area contributed by atoms with Crippen LogP contribution in [-0.2, 0) is 13.0 Å². The van der Waals surface area contributed by atoms with Gasteiger partial charge >= 0.3 is 6.03 Å². The van der Waals surface area contributed by atoms with E-state index in [0.717, 1.165) is 17.5 Å². The number of aliphatic hydroxyl groups excluding tert-OH is 1. The van der Waals surface area contributed by atoms with Gasteiger partial charge in [0.25, 0.3) is 0 Å². The Bertz CT molecular complexity index is 360. The second kappa shape index (κ2) is 7.46. The van der Waals surface area contributed by atoms with E-state index >= 15 is 0 Å². The van der Waals surface area contributed by atoms with Crippen molar-refractivity contribution in [2.24, 2.45) is 0 Å². The molecule has 17 heavy (non-hydrogen) atoms. The van der Waals surface area contributed by atoms with Gasteiger partial charge in [-0.2, -0.15) is 0 Å². The zero-order valence-electron chi connectivity index (χ0n) is 9.78. The highest BCUT2D eigenvalue weighted by Crippen LogP contribution is 2.04. The summed E-state index contributed by atoms with van der Waals surface area (Å²) in [6.45, 7) is 4.63. The second-order valence-corrected chi connectivity index (χ2v) is 3.65. The maximum atomic E-state index is 11.2. The zero-order chi connectivity index (χ0) is 12.5. The Morgan fingerprint density at radius 1 is 1.24 bits per heavy atom. The number of amides is 2. The largest absolute Gasteiger partial charge is 0.392 e. The van der Waals surface area contributed by atoms with Crippen molar-refractivity contribution < 1.29 is 9.90 Å². The van der Waals surface area contributed by atoms with Crippen molar-refractivity contribution in [3.8, 4) is 0 Å². The summed E-state index contributed by atoms with van der Waals surface area (Å²) in [7, 11) is 0. The average Bonchev–Trinajstić information content (AvgIpc) is 2.37. The van der Waals surface area contributed by atoms with Crippen LogP contribution in [0.2, 0.25) is 0 Å². The van der Waals surface area contributed by atoms with E-state index in [1.54, 1.807) is 6.08 Å². The van der Waals surface area contributed by atoms with E-state index in [1.165, 1.54) is 0 Å². The van der Waals surface area contributed by atoms with Crippen LogP contribution in [0.3, 0.4) is 0 Å². The number of rotatable bonds is 6. The average molecular weight is 234 g/mol. The van der Waals surface area contributed by atoms with Gasteiger partial charge in [-0.25, -0.2) is 4.79 Å². The quantitative estimate of drug-likeness (QED) is 0.648. The fraction of sp³-hybridized carbons (Fsp3) is 0.308. The van der Waals surface area contributed by atoms with Crippen molar-refractivity contribution >= 4 is 6.03 Å². The molecule has 92 valence electrons. The molecule has 0 unspecified atom stereocenters. The van der Waals surface area contributed by atoms with Crippen molar-refractivity contribution in [2.75, 3.05) is 13.1 Å². The number of aliphatic hydroxyl groups is 1. The third-order valence-corrected chi connectivity index (χ3v) is 2.31. The number of benzene rings is 1. The Morgan fingerprint density at radius 3 is 2.47 bits per heavy atom.